The molecule has 5 heteroatoms. The van der Waals surface area contributed by atoms with Gasteiger partial charge >= 0.3 is 6.03 Å². The van der Waals surface area contributed by atoms with Gasteiger partial charge in [0.2, 0.25) is 0 Å². The predicted octanol–water partition coefficient (Wildman–Crippen LogP) is 5.22. The van der Waals surface area contributed by atoms with Crippen molar-refractivity contribution in [3.63, 3.8) is 0 Å². The molecule has 4 rings (SSSR count). The molecule has 3 aromatic rings. The van der Waals surface area contributed by atoms with E-state index in [4.69, 9.17) is 0 Å². The van der Waals surface area contributed by atoms with Crippen molar-refractivity contribution in [1.29, 1.82) is 0 Å². The molecule has 1 aliphatic rings. The smallest absolute Gasteiger partial charge is 0.319 e. The largest absolute Gasteiger partial charge is 0.334 e. The van der Waals surface area contributed by atoms with E-state index >= 15 is 0 Å². The molecule has 0 spiro atoms. The SMILES string of the molecule is Cc1ccc(C)c(NC(=O)NCc2ccc3c(c2)N(C(=O)c2ccccc2)[C@H](C)C3)c1. The van der Waals surface area contributed by atoms with Gasteiger partial charge in [-0.2, -0.15) is 0 Å². The molecule has 0 fully saturated rings. The molecule has 5 nitrogen and oxygen atoms in total. The number of hydrogen-bond donors (Lipinski definition) is 2. The highest BCUT2D eigenvalue weighted by Crippen LogP contribution is 2.34. The van der Waals surface area contributed by atoms with Gasteiger partial charge in [0.25, 0.3) is 5.91 Å². The lowest BCUT2D eigenvalue weighted by Gasteiger charge is -2.23. The predicted molar refractivity (Wildman–Crippen MR) is 125 cm³/mol. The van der Waals surface area contributed by atoms with Gasteiger partial charge in [-0.15, -0.1) is 0 Å². The molecule has 0 aliphatic carbocycles. The summed E-state index contributed by atoms with van der Waals surface area (Å²) in [6, 6.07) is 21.3. The van der Waals surface area contributed by atoms with Gasteiger partial charge in [-0.25, -0.2) is 4.79 Å². The summed E-state index contributed by atoms with van der Waals surface area (Å²) in [7, 11) is 0. The van der Waals surface area contributed by atoms with Crippen LogP contribution < -0.4 is 15.5 Å². The van der Waals surface area contributed by atoms with Crippen LogP contribution in [-0.4, -0.2) is 18.0 Å². The molecule has 3 aromatic carbocycles. The molecule has 0 saturated carbocycles. The van der Waals surface area contributed by atoms with Gasteiger partial charge in [-0.1, -0.05) is 42.5 Å². The number of anilines is 2. The van der Waals surface area contributed by atoms with Crippen molar-refractivity contribution in [2.45, 2.75) is 39.8 Å². The van der Waals surface area contributed by atoms with Crippen LogP contribution in [-0.2, 0) is 13.0 Å². The van der Waals surface area contributed by atoms with Crippen molar-refractivity contribution in [1.82, 2.24) is 5.32 Å². The molecule has 0 aromatic heterocycles. The van der Waals surface area contributed by atoms with Crippen LogP contribution in [0.2, 0.25) is 0 Å². The van der Waals surface area contributed by atoms with Crippen molar-refractivity contribution in [3.05, 3.63) is 94.5 Å². The minimum Gasteiger partial charge on any atom is -0.334 e. The highest BCUT2D eigenvalue weighted by molar-refractivity contribution is 6.07. The van der Waals surface area contributed by atoms with E-state index in [9.17, 15) is 9.59 Å². The second-order valence-electron chi connectivity index (χ2n) is 8.18. The third-order valence-electron chi connectivity index (χ3n) is 5.70. The second-order valence-corrected chi connectivity index (χ2v) is 8.18. The molecule has 0 unspecified atom stereocenters. The maximum atomic E-state index is 13.1. The van der Waals surface area contributed by atoms with Gasteiger partial charge in [-0.05, 0) is 73.7 Å². The number of nitrogens with one attached hydrogen (secondary N) is 2. The number of urea groups is 1. The summed E-state index contributed by atoms with van der Waals surface area (Å²) in [6.45, 7) is 6.41. The Bertz CT molecular complexity index is 1120. The molecule has 2 N–H and O–H groups in total. The van der Waals surface area contributed by atoms with E-state index in [0.29, 0.717) is 12.1 Å². The first-order valence-electron chi connectivity index (χ1n) is 10.5. The molecule has 0 bridgehead atoms. The van der Waals surface area contributed by atoms with Crippen LogP contribution >= 0.6 is 0 Å². The van der Waals surface area contributed by atoms with Crippen molar-refractivity contribution >= 4 is 23.3 Å². The second kappa shape index (κ2) is 8.64. The Hall–Kier alpha value is -3.60. The molecule has 1 atom stereocenters. The summed E-state index contributed by atoms with van der Waals surface area (Å²) in [6.07, 6.45) is 0.828. The fourth-order valence-electron chi connectivity index (χ4n) is 4.01. The van der Waals surface area contributed by atoms with Crippen molar-refractivity contribution in [3.8, 4) is 0 Å². The highest BCUT2D eigenvalue weighted by atomic mass is 16.2. The fraction of sp³-hybridized carbons (Fsp3) is 0.231. The standard InChI is InChI=1S/C26H27N3O2/c1-17-9-10-18(2)23(13-17)28-26(31)27-16-20-11-12-22-14-19(3)29(24(22)15-20)25(30)21-7-5-4-6-8-21/h4-13,15,19H,14,16H2,1-3H3,(H2,27,28,31)/t19-/m1/s1. The molecule has 1 aliphatic heterocycles. The Morgan fingerprint density at radius 2 is 1.77 bits per heavy atom. The highest BCUT2D eigenvalue weighted by Gasteiger charge is 2.31. The summed E-state index contributed by atoms with van der Waals surface area (Å²) < 4.78 is 0. The van der Waals surface area contributed by atoms with Gasteiger partial charge in [0.15, 0.2) is 0 Å². The Labute approximate surface area is 183 Å². The first kappa shape index (κ1) is 20.7. The van der Waals surface area contributed by atoms with E-state index in [1.54, 1.807) is 0 Å². The minimum absolute atomic E-state index is 0.00428. The zero-order valence-electron chi connectivity index (χ0n) is 18.1. The quantitative estimate of drug-likeness (QED) is 0.616. The van der Waals surface area contributed by atoms with Crippen LogP contribution in [0.25, 0.3) is 0 Å². The average Bonchev–Trinajstić information content (AvgIpc) is 3.10. The fourth-order valence-corrected chi connectivity index (χ4v) is 4.01. The lowest BCUT2D eigenvalue weighted by atomic mass is 10.1. The summed E-state index contributed by atoms with van der Waals surface area (Å²) in [4.78, 5) is 27.4. The van der Waals surface area contributed by atoms with Gasteiger partial charge in [0.05, 0.1) is 0 Å². The van der Waals surface area contributed by atoms with Crippen LogP contribution in [0.3, 0.4) is 0 Å². The molecule has 158 valence electrons. The molecule has 0 radical (unpaired) electrons. The van der Waals surface area contributed by atoms with Crippen LogP contribution in [0, 0.1) is 13.8 Å². The Morgan fingerprint density at radius 3 is 2.55 bits per heavy atom. The molecule has 0 saturated heterocycles. The maximum absolute atomic E-state index is 13.1. The van der Waals surface area contributed by atoms with Gasteiger partial charge in [-0.3, -0.25) is 4.79 Å². The number of carbonyl (C=O) groups is 2. The monoisotopic (exact) mass is 413 g/mol. The molecule has 1 heterocycles. The number of carbonyl (C=O) groups excluding carboxylic acids is 2. The summed E-state index contributed by atoms with van der Waals surface area (Å²) in [5.74, 6) is 0.00428. The van der Waals surface area contributed by atoms with Gasteiger partial charge in [0, 0.05) is 29.5 Å². The van der Waals surface area contributed by atoms with Crippen LogP contribution in [0.4, 0.5) is 16.2 Å². The van der Waals surface area contributed by atoms with E-state index in [-0.39, 0.29) is 18.0 Å². The normalized spacial score (nSPS) is 14.8. The lowest BCUT2D eigenvalue weighted by molar-refractivity contribution is 0.0981. The molecule has 3 amide bonds. The Kier molecular flexibility index (Phi) is 5.76. The number of benzene rings is 3. The number of nitrogens with zero attached hydrogens (tertiary/aromatic N) is 1. The van der Waals surface area contributed by atoms with E-state index < -0.39 is 0 Å². The molecular weight excluding hydrogens is 386 g/mol. The Balaban J connectivity index is 1.47. The van der Waals surface area contributed by atoms with Gasteiger partial charge in [0.1, 0.15) is 0 Å². The van der Waals surface area contributed by atoms with Crippen molar-refractivity contribution < 1.29 is 9.59 Å². The average molecular weight is 414 g/mol. The number of hydrogen-bond acceptors (Lipinski definition) is 2. The third-order valence-corrected chi connectivity index (χ3v) is 5.70. The minimum atomic E-state index is -0.250. The summed E-state index contributed by atoms with van der Waals surface area (Å²) in [5.41, 5.74) is 6.63. The topological polar surface area (TPSA) is 61.4 Å². The maximum Gasteiger partial charge on any atom is 0.319 e. The zero-order valence-corrected chi connectivity index (χ0v) is 18.1. The lowest BCUT2D eigenvalue weighted by Crippen LogP contribution is -2.35. The summed E-state index contributed by atoms with van der Waals surface area (Å²) in [5, 5.41) is 5.83. The first-order chi connectivity index (χ1) is 14.9. The van der Waals surface area contributed by atoms with Crippen LogP contribution in [0.15, 0.2) is 66.7 Å². The first-order valence-corrected chi connectivity index (χ1v) is 10.5. The van der Waals surface area contributed by atoms with E-state index in [0.717, 1.165) is 40.0 Å². The van der Waals surface area contributed by atoms with E-state index in [1.807, 2.05) is 79.4 Å². The van der Waals surface area contributed by atoms with Crippen LogP contribution in [0.1, 0.15) is 39.5 Å². The number of rotatable bonds is 4. The van der Waals surface area contributed by atoms with E-state index in [1.165, 1.54) is 0 Å². The zero-order chi connectivity index (χ0) is 22.0. The third kappa shape index (κ3) is 4.45. The molecular formula is C26H27N3O2. The van der Waals surface area contributed by atoms with Crippen LogP contribution in [0.5, 0.6) is 0 Å². The van der Waals surface area contributed by atoms with Crippen molar-refractivity contribution in [2.75, 3.05) is 10.2 Å². The number of aryl methyl sites for hydroxylation is 2. The van der Waals surface area contributed by atoms with Gasteiger partial charge < -0.3 is 15.5 Å². The number of fused-ring (bicyclic) bond motifs is 1. The van der Waals surface area contributed by atoms with E-state index in [2.05, 4.69) is 23.6 Å². The Morgan fingerprint density at radius 1 is 1.00 bits per heavy atom. The van der Waals surface area contributed by atoms with Crippen molar-refractivity contribution in [2.24, 2.45) is 0 Å². The summed E-state index contributed by atoms with van der Waals surface area (Å²) >= 11 is 0. The molecule has 31 heavy (non-hydrogen) atoms. The number of amides is 3.